The SMILES string of the molecule is Cc1cc(CC(CCc2c(C)nn(C)c2C)NN)n(C)n1. The first-order chi connectivity index (χ1) is 9.92. The maximum absolute atomic E-state index is 5.72. The van der Waals surface area contributed by atoms with Crippen molar-refractivity contribution in [1.82, 2.24) is 25.0 Å². The van der Waals surface area contributed by atoms with E-state index in [1.54, 1.807) is 0 Å². The van der Waals surface area contributed by atoms with Crippen LogP contribution in [0.2, 0.25) is 0 Å². The van der Waals surface area contributed by atoms with Crippen molar-refractivity contribution < 1.29 is 0 Å². The first kappa shape index (κ1) is 15.7. The Morgan fingerprint density at radius 1 is 1.19 bits per heavy atom. The van der Waals surface area contributed by atoms with E-state index in [4.69, 9.17) is 5.84 Å². The Bertz CT molecular complexity index is 610. The number of rotatable bonds is 6. The highest BCUT2D eigenvalue weighted by Crippen LogP contribution is 2.16. The van der Waals surface area contributed by atoms with Gasteiger partial charge in [0.25, 0.3) is 0 Å². The lowest BCUT2D eigenvalue weighted by atomic mass is 10.0. The minimum Gasteiger partial charge on any atom is -0.272 e. The van der Waals surface area contributed by atoms with Gasteiger partial charge in [0.05, 0.1) is 11.4 Å². The van der Waals surface area contributed by atoms with E-state index in [1.807, 2.05) is 30.4 Å². The van der Waals surface area contributed by atoms with Gasteiger partial charge >= 0.3 is 0 Å². The summed E-state index contributed by atoms with van der Waals surface area (Å²) in [7, 11) is 3.97. The van der Waals surface area contributed by atoms with Gasteiger partial charge in [-0.2, -0.15) is 10.2 Å². The molecule has 2 rings (SSSR count). The zero-order valence-electron chi connectivity index (χ0n) is 13.6. The van der Waals surface area contributed by atoms with E-state index in [0.717, 1.165) is 30.7 Å². The Hall–Kier alpha value is -1.66. The normalized spacial score (nSPS) is 12.9. The van der Waals surface area contributed by atoms with Crippen molar-refractivity contribution in [1.29, 1.82) is 0 Å². The summed E-state index contributed by atoms with van der Waals surface area (Å²) in [5, 5.41) is 8.85. The summed E-state index contributed by atoms with van der Waals surface area (Å²) in [6.07, 6.45) is 2.84. The van der Waals surface area contributed by atoms with Crippen LogP contribution in [0.5, 0.6) is 0 Å². The minimum atomic E-state index is 0.235. The highest BCUT2D eigenvalue weighted by Gasteiger charge is 2.15. The quantitative estimate of drug-likeness (QED) is 0.617. The molecule has 2 heterocycles. The summed E-state index contributed by atoms with van der Waals surface area (Å²) in [5.41, 5.74) is 8.86. The van der Waals surface area contributed by atoms with Gasteiger partial charge in [-0.3, -0.25) is 20.6 Å². The van der Waals surface area contributed by atoms with Crippen LogP contribution in [-0.4, -0.2) is 25.6 Å². The summed E-state index contributed by atoms with van der Waals surface area (Å²) in [6.45, 7) is 6.19. The van der Waals surface area contributed by atoms with Crippen LogP contribution in [0.3, 0.4) is 0 Å². The van der Waals surface area contributed by atoms with Crippen molar-refractivity contribution in [3.05, 3.63) is 34.4 Å². The van der Waals surface area contributed by atoms with Gasteiger partial charge in [0.15, 0.2) is 0 Å². The fourth-order valence-corrected chi connectivity index (χ4v) is 2.85. The number of nitrogens with one attached hydrogen (secondary N) is 1. The number of hydrogen-bond acceptors (Lipinski definition) is 4. The molecule has 1 unspecified atom stereocenters. The van der Waals surface area contributed by atoms with Crippen molar-refractivity contribution in [2.45, 2.75) is 46.1 Å². The van der Waals surface area contributed by atoms with Crippen LogP contribution in [-0.2, 0) is 26.9 Å². The first-order valence-corrected chi connectivity index (χ1v) is 7.37. The van der Waals surface area contributed by atoms with E-state index >= 15 is 0 Å². The first-order valence-electron chi connectivity index (χ1n) is 7.37. The van der Waals surface area contributed by atoms with Gasteiger partial charge in [0.1, 0.15) is 0 Å². The van der Waals surface area contributed by atoms with E-state index in [2.05, 4.69) is 35.5 Å². The average Bonchev–Trinajstić information content (AvgIpc) is 2.86. The Labute approximate surface area is 126 Å². The van der Waals surface area contributed by atoms with E-state index < -0.39 is 0 Å². The highest BCUT2D eigenvalue weighted by molar-refractivity contribution is 5.24. The third kappa shape index (κ3) is 3.51. The molecule has 1 atom stereocenters. The molecule has 2 aromatic rings. The molecule has 0 spiro atoms. The fraction of sp³-hybridized carbons (Fsp3) is 0.600. The Balaban J connectivity index is 2.01. The molecule has 116 valence electrons. The maximum Gasteiger partial charge on any atom is 0.0628 e. The second-order valence-electron chi connectivity index (χ2n) is 5.78. The van der Waals surface area contributed by atoms with Gasteiger partial charge in [0, 0.05) is 37.9 Å². The van der Waals surface area contributed by atoms with Gasteiger partial charge in [-0.15, -0.1) is 0 Å². The lowest BCUT2D eigenvalue weighted by molar-refractivity contribution is 0.477. The van der Waals surface area contributed by atoms with Gasteiger partial charge in [0.2, 0.25) is 0 Å². The van der Waals surface area contributed by atoms with Crippen molar-refractivity contribution in [3.63, 3.8) is 0 Å². The van der Waals surface area contributed by atoms with Crippen LogP contribution in [0.1, 0.15) is 34.8 Å². The van der Waals surface area contributed by atoms with Crippen LogP contribution >= 0.6 is 0 Å². The van der Waals surface area contributed by atoms with Crippen LogP contribution in [0, 0.1) is 20.8 Å². The van der Waals surface area contributed by atoms with Crippen molar-refractivity contribution in [3.8, 4) is 0 Å². The molecular weight excluding hydrogens is 264 g/mol. The molecule has 0 amide bonds. The lowest BCUT2D eigenvalue weighted by Gasteiger charge is -2.16. The van der Waals surface area contributed by atoms with Gasteiger partial charge in [-0.05, 0) is 45.2 Å². The molecule has 0 bridgehead atoms. The zero-order chi connectivity index (χ0) is 15.6. The standard InChI is InChI=1S/C15H26N6/c1-10-8-14(21(5)18-10)9-13(17-16)6-7-15-11(2)19-20(4)12(15)3/h8,13,17H,6-7,9,16H2,1-5H3. The Morgan fingerprint density at radius 2 is 1.90 bits per heavy atom. The van der Waals surface area contributed by atoms with Gasteiger partial charge < -0.3 is 0 Å². The largest absolute Gasteiger partial charge is 0.272 e. The zero-order valence-corrected chi connectivity index (χ0v) is 13.6. The summed E-state index contributed by atoms with van der Waals surface area (Å²) < 4.78 is 3.88. The molecule has 6 nitrogen and oxygen atoms in total. The average molecular weight is 290 g/mol. The monoisotopic (exact) mass is 290 g/mol. The van der Waals surface area contributed by atoms with Gasteiger partial charge in [-0.25, -0.2) is 0 Å². The molecule has 2 aromatic heterocycles. The van der Waals surface area contributed by atoms with Crippen molar-refractivity contribution in [2.75, 3.05) is 0 Å². The summed E-state index contributed by atoms with van der Waals surface area (Å²) in [6, 6.07) is 2.35. The van der Waals surface area contributed by atoms with E-state index in [-0.39, 0.29) is 6.04 Å². The number of nitrogens with zero attached hydrogens (tertiary/aromatic N) is 4. The van der Waals surface area contributed by atoms with Crippen LogP contribution in [0.25, 0.3) is 0 Å². The fourth-order valence-electron chi connectivity index (χ4n) is 2.85. The second-order valence-corrected chi connectivity index (χ2v) is 5.78. The van der Waals surface area contributed by atoms with Crippen molar-refractivity contribution in [2.24, 2.45) is 19.9 Å². The molecule has 0 aliphatic rings. The van der Waals surface area contributed by atoms with E-state index in [9.17, 15) is 0 Å². The predicted molar refractivity (Wildman–Crippen MR) is 83.8 cm³/mol. The molecule has 0 aliphatic carbocycles. The summed E-state index contributed by atoms with van der Waals surface area (Å²) in [4.78, 5) is 0. The molecule has 21 heavy (non-hydrogen) atoms. The predicted octanol–water partition coefficient (Wildman–Crippen LogP) is 1.09. The number of aromatic nitrogens is 4. The second kappa shape index (κ2) is 6.41. The number of nitrogens with two attached hydrogens (primary N) is 1. The molecule has 0 fully saturated rings. The molecule has 0 aromatic carbocycles. The molecule has 0 radical (unpaired) electrons. The highest BCUT2D eigenvalue weighted by atomic mass is 15.3. The maximum atomic E-state index is 5.72. The number of hydrazine groups is 1. The molecule has 0 saturated carbocycles. The molecule has 0 saturated heterocycles. The number of aryl methyl sites for hydroxylation is 4. The third-order valence-electron chi connectivity index (χ3n) is 4.19. The third-order valence-corrected chi connectivity index (χ3v) is 4.19. The van der Waals surface area contributed by atoms with E-state index in [0.29, 0.717) is 0 Å². The lowest BCUT2D eigenvalue weighted by Crippen LogP contribution is -2.37. The van der Waals surface area contributed by atoms with E-state index in [1.165, 1.54) is 17.0 Å². The van der Waals surface area contributed by atoms with Crippen molar-refractivity contribution >= 4 is 0 Å². The number of hydrogen-bond donors (Lipinski definition) is 2. The minimum absolute atomic E-state index is 0.235. The van der Waals surface area contributed by atoms with Gasteiger partial charge in [-0.1, -0.05) is 0 Å². The van der Waals surface area contributed by atoms with Crippen LogP contribution < -0.4 is 11.3 Å². The summed E-state index contributed by atoms with van der Waals surface area (Å²) >= 11 is 0. The summed E-state index contributed by atoms with van der Waals surface area (Å²) in [5.74, 6) is 5.72. The topological polar surface area (TPSA) is 73.7 Å². The van der Waals surface area contributed by atoms with Crippen LogP contribution in [0.15, 0.2) is 6.07 Å². The molecule has 6 heteroatoms. The molecule has 0 aliphatic heterocycles. The molecular formula is C15H26N6. The molecule has 3 N–H and O–H groups in total. The Morgan fingerprint density at radius 3 is 2.38 bits per heavy atom. The smallest absolute Gasteiger partial charge is 0.0628 e. The van der Waals surface area contributed by atoms with Crippen LogP contribution in [0.4, 0.5) is 0 Å². The Kier molecular flexibility index (Phi) is 4.80.